The summed E-state index contributed by atoms with van der Waals surface area (Å²) in [7, 11) is 4.27. The fraction of sp³-hybridized carbons (Fsp3) is 0.471. The zero-order chi connectivity index (χ0) is 14.8. The van der Waals surface area contributed by atoms with Gasteiger partial charge >= 0.3 is 0 Å². The highest BCUT2D eigenvalue weighted by molar-refractivity contribution is 5.57. The number of likely N-dealkylation sites (N-methyl/N-ethyl adjacent to an activating group) is 1. The predicted octanol–water partition coefficient (Wildman–Crippen LogP) is 2.15. The molecule has 1 atom stereocenters. The molecule has 0 aliphatic carbocycles. The normalized spacial score (nSPS) is 16.0. The maximum absolute atomic E-state index is 4.92. The smallest absolute Gasteiger partial charge is 0.140 e. The SMILES string of the molecule is CC(Cn1c(-c2ccccc2)nc2c1CCNC2)N(C)C. The van der Waals surface area contributed by atoms with Gasteiger partial charge in [0.25, 0.3) is 0 Å². The number of rotatable bonds is 4. The summed E-state index contributed by atoms with van der Waals surface area (Å²) in [6.45, 7) is 5.18. The summed E-state index contributed by atoms with van der Waals surface area (Å²) in [5.41, 5.74) is 3.82. The summed E-state index contributed by atoms with van der Waals surface area (Å²) in [6, 6.07) is 11.0. The second kappa shape index (κ2) is 6.00. The molecule has 0 fully saturated rings. The van der Waals surface area contributed by atoms with Gasteiger partial charge in [0.15, 0.2) is 0 Å². The van der Waals surface area contributed by atoms with Gasteiger partial charge in [0, 0.05) is 43.4 Å². The Bertz CT molecular complexity index is 601. The Morgan fingerprint density at radius 3 is 2.76 bits per heavy atom. The van der Waals surface area contributed by atoms with E-state index in [0.29, 0.717) is 6.04 Å². The van der Waals surface area contributed by atoms with Crippen molar-refractivity contribution in [3.05, 3.63) is 41.7 Å². The molecular weight excluding hydrogens is 260 g/mol. The van der Waals surface area contributed by atoms with Crippen LogP contribution in [0.2, 0.25) is 0 Å². The Morgan fingerprint density at radius 1 is 1.29 bits per heavy atom. The quantitative estimate of drug-likeness (QED) is 0.934. The van der Waals surface area contributed by atoms with Gasteiger partial charge in [0.1, 0.15) is 5.82 Å². The van der Waals surface area contributed by atoms with Crippen LogP contribution in [0.1, 0.15) is 18.3 Å². The number of aromatic nitrogens is 2. The minimum Gasteiger partial charge on any atom is -0.326 e. The van der Waals surface area contributed by atoms with Crippen molar-refractivity contribution in [3.63, 3.8) is 0 Å². The Labute approximate surface area is 126 Å². The average Bonchev–Trinajstić information content (AvgIpc) is 2.87. The van der Waals surface area contributed by atoms with Crippen LogP contribution in [0.25, 0.3) is 11.4 Å². The van der Waals surface area contributed by atoms with E-state index in [9.17, 15) is 0 Å². The zero-order valence-electron chi connectivity index (χ0n) is 13.1. The first-order valence-electron chi connectivity index (χ1n) is 7.67. The number of imidazole rings is 1. The number of benzene rings is 1. The van der Waals surface area contributed by atoms with Gasteiger partial charge in [-0.3, -0.25) is 0 Å². The Morgan fingerprint density at radius 2 is 2.05 bits per heavy atom. The van der Waals surface area contributed by atoms with Crippen LogP contribution in [0, 0.1) is 0 Å². The van der Waals surface area contributed by atoms with Crippen molar-refractivity contribution in [2.24, 2.45) is 0 Å². The number of nitrogens with one attached hydrogen (secondary N) is 1. The van der Waals surface area contributed by atoms with Crippen LogP contribution < -0.4 is 5.32 Å². The van der Waals surface area contributed by atoms with Crippen molar-refractivity contribution in [3.8, 4) is 11.4 Å². The van der Waals surface area contributed by atoms with Crippen LogP contribution in [0.4, 0.5) is 0 Å². The van der Waals surface area contributed by atoms with Crippen molar-refractivity contribution in [1.82, 2.24) is 19.8 Å². The third kappa shape index (κ3) is 2.87. The number of hydrogen-bond donors (Lipinski definition) is 1. The molecule has 0 radical (unpaired) electrons. The number of fused-ring (bicyclic) bond motifs is 1. The van der Waals surface area contributed by atoms with E-state index in [1.807, 2.05) is 0 Å². The fourth-order valence-electron chi connectivity index (χ4n) is 2.80. The molecule has 1 aromatic carbocycles. The summed E-state index contributed by atoms with van der Waals surface area (Å²) in [4.78, 5) is 7.18. The molecule has 0 bridgehead atoms. The molecular formula is C17H24N4. The molecule has 0 saturated heterocycles. The molecule has 2 aromatic rings. The van der Waals surface area contributed by atoms with E-state index in [-0.39, 0.29) is 0 Å². The van der Waals surface area contributed by atoms with Crippen molar-refractivity contribution in [2.45, 2.75) is 32.5 Å². The summed E-state index contributed by atoms with van der Waals surface area (Å²) in [5.74, 6) is 1.11. The maximum atomic E-state index is 4.92. The molecule has 112 valence electrons. The Balaban J connectivity index is 2.04. The molecule has 4 nitrogen and oxygen atoms in total. The first-order chi connectivity index (χ1) is 10.2. The van der Waals surface area contributed by atoms with E-state index >= 15 is 0 Å². The standard InChI is InChI=1S/C17H24N4/c1-13(20(2)3)12-21-16-9-10-18-11-15(16)19-17(21)14-7-5-4-6-8-14/h4-8,13,18H,9-12H2,1-3H3. The summed E-state index contributed by atoms with van der Waals surface area (Å²) < 4.78 is 2.43. The third-order valence-electron chi connectivity index (χ3n) is 4.35. The van der Waals surface area contributed by atoms with Gasteiger partial charge in [-0.05, 0) is 21.0 Å². The molecule has 1 aliphatic heterocycles. The second-order valence-corrected chi connectivity index (χ2v) is 6.04. The minimum atomic E-state index is 0.487. The van der Waals surface area contributed by atoms with E-state index in [2.05, 4.69) is 66.1 Å². The van der Waals surface area contributed by atoms with Crippen LogP contribution in [0.5, 0.6) is 0 Å². The van der Waals surface area contributed by atoms with Crippen LogP contribution in [-0.2, 0) is 19.5 Å². The highest BCUT2D eigenvalue weighted by Crippen LogP contribution is 2.25. The van der Waals surface area contributed by atoms with Crippen molar-refractivity contribution >= 4 is 0 Å². The first-order valence-corrected chi connectivity index (χ1v) is 7.67. The number of hydrogen-bond acceptors (Lipinski definition) is 3. The second-order valence-electron chi connectivity index (χ2n) is 6.04. The minimum absolute atomic E-state index is 0.487. The highest BCUT2D eigenvalue weighted by Gasteiger charge is 2.22. The van der Waals surface area contributed by atoms with Gasteiger partial charge in [-0.25, -0.2) is 4.98 Å². The molecule has 1 unspecified atom stereocenters. The molecule has 1 N–H and O–H groups in total. The average molecular weight is 284 g/mol. The van der Waals surface area contributed by atoms with E-state index in [0.717, 1.165) is 31.9 Å². The van der Waals surface area contributed by atoms with Gasteiger partial charge in [-0.2, -0.15) is 0 Å². The molecule has 0 amide bonds. The lowest BCUT2D eigenvalue weighted by Crippen LogP contribution is -2.31. The van der Waals surface area contributed by atoms with E-state index < -0.39 is 0 Å². The van der Waals surface area contributed by atoms with E-state index in [1.54, 1.807) is 0 Å². The largest absolute Gasteiger partial charge is 0.326 e. The van der Waals surface area contributed by atoms with Crippen molar-refractivity contribution < 1.29 is 0 Å². The molecule has 3 rings (SSSR count). The van der Waals surface area contributed by atoms with Crippen LogP contribution in [-0.4, -0.2) is 41.1 Å². The lowest BCUT2D eigenvalue weighted by Gasteiger charge is -2.24. The molecule has 4 heteroatoms. The molecule has 1 aliphatic rings. The lowest BCUT2D eigenvalue weighted by molar-refractivity contribution is 0.282. The summed E-state index contributed by atoms with van der Waals surface area (Å²) in [6.07, 6.45) is 1.06. The first kappa shape index (κ1) is 14.3. The van der Waals surface area contributed by atoms with Crippen LogP contribution in [0.3, 0.4) is 0 Å². The molecule has 0 saturated carbocycles. The van der Waals surface area contributed by atoms with Crippen LogP contribution in [0.15, 0.2) is 30.3 Å². The van der Waals surface area contributed by atoms with Crippen molar-refractivity contribution in [1.29, 1.82) is 0 Å². The van der Waals surface area contributed by atoms with E-state index in [1.165, 1.54) is 17.0 Å². The van der Waals surface area contributed by atoms with Gasteiger partial charge in [0.2, 0.25) is 0 Å². The lowest BCUT2D eigenvalue weighted by atomic mass is 10.1. The Kier molecular flexibility index (Phi) is 4.08. The summed E-state index contributed by atoms with van der Waals surface area (Å²) in [5, 5.41) is 3.42. The highest BCUT2D eigenvalue weighted by atomic mass is 15.2. The topological polar surface area (TPSA) is 33.1 Å². The van der Waals surface area contributed by atoms with Gasteiger partial charge in [0.05, 0.1) is 5.69 Å². The molecule has 1 aromatic heterocycles. The molecule has 21 heavy (non-hydrogen) atoms. The van der Waals surface area contributed by atoms with Crippen molar-refractivity contribution in [2.75, 3.05) is 20.6 Å². The summed E-state index contributed by atoms with van der Waals surface area (Å²) >= 11 is 0. The zero-order valence-corrected chi connectivity index (χ0v) is 13.1. The molecule has 2 heterocycles. The Hall–Kier alpha value is -1.65. The predicted molar refractivity (Wildman–Crippen MR) is 86.2 cm³/mol. The van der Waals surface area contributed by atoms with Gasteiger partial charge in [-0.1, -0.05) is 30.3 Å². The molecule has 0 spiro atoms. The van der Waals surface area contributed by atoms with Gasteiger partial charge < -0.3 is 14.8 Å². The monoisotopic (exact) mass is 284 g/mol. The fourth-order valence-corrected chi connectivity index (χ4v) is 2.80. The number of nitrogens with zero attached hydrogens (tertiary/aromatic N) is 3. The van der Waals surface area contributed by atoms with Crippen LogP contribution >= 0.6 is 0 Å². The van der Waals surface area contributed by atoms with E-state index in [4.69, 9.17) is 4.98 Å². The third-order valence-corrected chi connectivity index (χ3v) is 4.35. The maximum Gasteiger partial charge on any atom is 0.140 e. The van der Waals surface area contributed by atoms with Gasteiger partial charge in [-0.15, -0.1) is 0 Å².